The molecule has 0 fully saturated rings. The third-order valence-electron chi connectivity index (χ3n) is 2.68. The number of aryl methyl sites for hydroxylation is 1. The van der Waals surface area contributed by atoms with E-state index in [1.54, 1.807) is 11.3 Å². The van der Waals surface area contributed by atoms with E-state index in [4.69, 9.17) is 5.73 Å². The topological polar surface area (TPSA) is 38.0 Å². The van der Waals surface area contributed by atoms with Crippen LogP contribution in [0.1, 0.15) is 17.5 Å². The molecule has 3 heteroatoms. The Labute approximate surface area is 106 Å². The maximum absolute atomic E-state index is 5.74. The van der Waals surface area contributed by atoms with E-state index in [1.807, 2.05) is 12.1 Å². The first-order valence-electron chi connectivity index (χ1n) is 5.91. The predicted octanol–water partition coefficient (Wildman–Crippen LogP) is 3.05. The van der Waals surface area contributed by atoms with Gasteiger partial charge < -0.3 is 11.1 Å². The largest absolute Gasteiger partial charge is 0.399 e. The number of hydrogen-bond donors (Lipinski definition) is 2. The van der Waals surface area contributed by atoms with Gasteiger partial charge >= 0.3 is 0 Å². The van der Waals surface area contributed by atoms with E-state index in [1.165, 1.54) is 11.1 Å². The molecular weight excluding hydrogens is 228 g/mol. The average Bonchev–Trinajstić information content (AvgIpc) is 2.82. The van der Waals surface area contributed by atoms with Gasteiger partial charge in [0.15, 0.2) is 0 Å². The Morgan fingerprint density at radius 2 is 2.12 bits per heavy atom. The minimum atomic E-state index is 0.855. The number of nitrogen functional groups attached to an aromatic ring is 1. The standard InChI is InChI=1S/C14H18N2S/c15-14-5-1-3-12(9-14)4-2-7-16-10-13-6-8-17-11-13/h1,3,5-6,8-9,11,16H,2,4,7,10,15H2. The highest BCUT2D eigenvalue weighted by molar-refractivity contribution is 7.07. The predicted molar refractivity (Wildman–Crippen MR) is 75.2 cm³/mol. The fourth-order valence-corrected chi connectivity index (χ4v) is 2.46. The third kappa shape index (κ3) is 4.21. The summed E-state index contributed by atoms with van der Waals surface area (Å²) in [4.78, 5) is 0. The molecule has 0 saturated carbocycles. The van der Waals surface area contributed by atoms with Crippen molar-refractivity contribution in [1.82, 2.24) is 5.32 Å². The van der Waals surface area contributed by atoms with Crippen LogP contribution in [0.5, 0.6) is 0 Å². The second-order valence-corrected chi connectivity index (χ2v) is 4.94. The monoisotopic (exact) mass is 246 g/mol. The second kappa shape index (κ2) is 6.42. The van der Waals surface area contributed by atoms with Gasteiger partial charge in [0.25, 0.3) is 0 Å². The Morgan fingerprint density at radius 1 is 1.18 bits per heavy atom. The van der Waals surface area contributed by atoms with Crippen LogP contribution in [0.2, 0.25) is 0 Å². The van der Waals surface area contributed by atoms with E-state index < -0.39 is 0 Å². The number of thiophene rings is 1. The zero-order valence-corrected chi connectivity index (χ0v) is 10.7. The second-order valence-electron chi connectivity index (χ2n) is 4.16. The van der Waals surface area contributed by atoms with Crippen molar-refractivity contribution in [2.75, 3.05) is 12.3 Å². The quantitative estimate of drug-likeness (QED) is 0.607. The van der Waals surface area contributed by atoms with Gasteiger partial charge in [-0.1, -0.05) is 12.1 Å². The lowest BCUT2D eigenvalue weighted by Crippen LogP contribution is -2.14. The first-order chi connectivity index (χ1) is 8.34. The maximum atomic E-state index is 5.74. The summed E-state index contributed by atoms with van der Waals surface area (Å²) in [7, 11) is 0. The zero-order chi connectivity index (χ0) is 11.9. The van der Waals surface area contributed by atoms with Gasteiger partial charge in [0.1, 0.15) is 0 Å². The molecule has 0 saturated heterocycles. The molecule has 2 nitrogen and oxygen atoms in total. The molecule has 1 heterocycles. The number of nitrogens with one attached hydrogen (secondary N) is 1. The van der Waals surface area contributed by atoms with Crippen LogP contribution < -0.4 is 11.1 Å². The van der Waals surface area contributed by atoms with Gasteiger partial charge in [0, 0.05) is 12.2 Å². The third-order valence-corrected chi connectivity index (χ3v) is 3.41. The van der Waals surface area contributed by atoms with Crippen molar-refractivity contribution in [3.05, 3.63) is 52.2 Å². The molecule has 0 aliphatic carbocycles. The van der Waals surface area contributed by atoms with Gasteiger partial charge in [-0.25, -0.2) is 0 Å². The molecule has 1 aromatic heterocycles. The minimum absolute atomic E-state index is 0.855. The average molecular weight is 246 g/mol. The Morgan fingerprint density at radius 3 is 2.88 bits per heavy atom. The van der Waals surface area contributed by atoms with E-state index in [2.05, 4.69) is 34.3 Å². The van der Waals surface area contributed by atoms with Crippen LogP contribution in [0.4, 0.5) is 5.69 Å². The highest BCUT2D eigenvalue weighted by Gasteiger charge is 1.95. The first-order valence-corrected chi connectivity index (χ1v) is 6.85. The lowest BCUT2D eigenvalue weighted by molar-refractivity contribution is 0.650. The molecule has 1 aromatic carbocycles. The van der Waals surface area contributed by atoms with Crippen LogP contribution in [-0.2, 0) is 13.0 Å². The van der Waals surface area contributed by atoms with Crippen LogP contribution in [-0.4, -0.2) is 6.54 Å². The fourth-order valence-electron chi connectivity index (χ4n) is 1.79. The first kappa shape index (κ1) is 12.1. The summed E-state index contributed by atoms with van der Waals surface area (Å²) in [6.07, 6.45) is 2.23. The number of anilines is 1. The summed E-state index contributed by atoms with van der Waals surface area (Å²) in [5.74, 6) is 0. The van der Waals surface area contributed by atoms with E-state index in [-0.39, 0.29) is 0 Å². The Kier molecular flexibility index (Phi) is 4.59. The molecule has 2 rings (SSSR count). The Hall–Kier alpha value is -1.32. The molecule has 2 aromatic rings. The van der Waals surface area contributed by atoms with Gasteiger partial charge in [-0.05, 0) is 59.5 Å². The summed E-state index contributed by atoms with van der Waals surface area (Å²) >= 11 is 1.75. The molecule has 0 aliphatic heterocycles. The minimum Gasteiger partial charge on any atom is -0.399 e. The van der Waals surface area contributed by atoms with Crippen molar-refractivity contribution >= 4 is 17.0 Å². The van der Waals surface area contributed by atoms with E-state index in [0.29, 0.717) is 0 Å². The molecule has 0 bridgehead atoms. The summed E-state index contributed by atoms with van der Waals surface area (Å²) in [6.45, 7) is 2.02. The lowest BCUT2D eigenvalue weighted by atomic mass is 10.1. The summed E-state index contributed by atoms with van der Waals surface area (Å²) in [5.41, 5.74) is 9.29. The molecule has 0 atom stereocenters. The highest BCUT2D eigenvalue weighted by atomic mass is 32.1. The number of nitrogens with two attached hydrogens (primary N) is 1. The Bertz CT molecular complexity index is 437. The Balaban J connectivity index is 1.63. The number of hydrogen-bond acceptors (Lipinski definition) is 3. The van der Waals surface area contributed by atoms with Crippen LogP contribution in [0.15, 0.2) is 41.1 Å². The molecule has 3 N–H and O–H groups in total. The molecule has 0 amide bonds. The summed E-state index contributed by atoms with van der Waals surface area (Å²) in [6, 6.07) is 10.3. The van der Waals surface area contributed by atoms with E-state index in [9.17, 15) is 0 Å². The maximum Gasteiger partial charge on any atom is 0.0316 e. The van der Waals surface area contributed by atoms with Crippen molar-refractivity contribution in [3.63, 3.8) is 0 Å². The van der Waals surface area contributed by atoms with Crippen molar-refractivity contribution in [2.45, 2.75) is 19.4 Å². The van der Waals surface area contributed by atoms with Crippen LogP contribution in [0.25, 0.3) is 0 Å². The van der Waals surface area contributed by atoms with E-state index in [0.717, 1.165) is 31.6 Å². The molecule has 17 heavy (non-hydrogen) atoms. The summed E-state index contributed by atoms with van der Waals surface area (Å²) < 4.78 is 0. The van der Waals surface area contributed by atoms with Crippen molar-refractivity contribution in [1.29, 1.82) is 0 Å². The van der Waals surface area contributed by atoms with Gasteiger partial charge in [-0.15, -0.1) is 0 Å². The van der Waals surface area contributed by atoms with Crippen molar-refractivity contribution in [3.8, 4) is 0 Å². The van der Waals surface area contributed by atoms with Crippen LogP contribution >= 0.6 is 11.3 Å². The van der Waals surface area contributed by atoms with Crippen molar-refractivity contribution in [2.24, 2.45) is 0 Å². The highest BCUT2D eigenvalue weighted by Crippen LogP contribution is 2.08. The van der Waals surface area contributed by atoms with Gasteiger partial charge in [-0.3, -0.25) is 0 Å². The molecule has 0 aliphatic rings. The van der Waals surface area contributed by atoms with Crippen molar-refractivity contribution < 1.29 is 0 Å². The molecule has 0 radical (unpaired) electrons. The summed E-state index contributed by atoms with van der Waals surface area (Å²) in [5, 5.41) is 7.75. The van der Waals surface area contributed by atoms with E-state index >= 15 is 0 Å². The van der Waals surface area contributed by atoms with Crippen LogP contribution in [0.3, 0.4) is 0 Å². The van der Waals surface area contributed by atoms with Crippen LogP contribution in [0, 0.1) is 0 Å². The normalized spacial score (nSPS) is 10.6. The smallest absolute Gasteiger partial charge is 0.0316 e. The number of rotatable bonds is 6. The molecule has 0 unspecified atom stereocenters. The molecule has 90 valence electrons. The lowest BCUT2D eigenvalue weighted by Gasteiger charge is -2.04. The molecule has 0 spiro atoms. The molecular formula is C14H18N2S. The SMILES string of the molecule is Nc1cccc(CCCNCc2ccsc2)c1. The van der Waals surface area contributed by atoms with Gasteiger partial charge in [0.2, 0.25) is 0 Å². The van der Waals surface area contributed by atoms with Gasteiger partial charge in [0.05, 0.1) is 0 Å². The zero-order valence-electron chi connectivity index (χ0n) is 9.86. The number of benzene rings is 1. The fraction of sp³-hybridized carbons (Fsp3) is 0.286. The van der Waals surface area contributed by atoms with Gasteiger partial charge in [-0.2, -0.15) is 11.3 Å².